The fourth-order valence-corrected chi connectivity index (χ4v) is 3.94. The lowest BCUT2D eigenvalue weighted by Gasteiger charge is -2.16. The number of halogens is 1. The first-order valence-electron chi connectivity index (χ1n) is 8.44. The molecule has 2 rings (SSSR count). The Bertz CT molecular complexity index is 987. The largest absolute Gasteiger partial charge is 0.495 e. The minimum atomic E-state index is -3.67. The third-order valence-electron chi connectivity index (χ3n) is 4.11. The molecule has 2 aromatic carbocycles. The zero-order valence-corrected chi connectivity index (χ0v) is 18.6. The van der Waals surface area contributed by atoms with E-state index in [9.17, 15) is 13.2 Å². The number of ether oxygens (including phenoxy) is 1. The Morgan fingerprint density at radius 2 is 1.82 bits per heavy atom. The van der Waals surface area contributed by atoms with E-state index < -0.39 is 10.0 Å². The predicted molar refractivity (Wildman–Crippen MR) is 114 cm³/mol. The average Bonchev–Trinajstić information content (AvgIpc) is 2.67. The first-order valence-corrected chi connectivity index (χ1v) is 10.7. The first kappa shape index (κ1) is 22.1. The van der Waals surface area contributed by atoms with Crippen molar-refractivity contribution in [3.05, 3.63) is 64.1 Å². The molecule has 0 aromatic heterocycles. The van der Waals surface area contributed by atoms with Gasteiger partial charge in [-0.05, 0) is 35.4 Å². The highest BCUT2D eigenvalue weighted by Crippen LogP contribution is 2.27. The van der Waals surface area contributed by atoms with Gasteiger partial charge in [0.05, 0.1) is 7.11 Å². The van der Waals surface area contributed by atoms with Crippen LogP contribution in [0.25, 0.3) is 6.08 Å². The standard InChI is InChI=1S/C20H23BrN2O4S/c1-22(2)28(25,26)19-13-15(9-11-18(19)27-4)10-12-20(24)23(3)14-16-7-5-6-8-17(16)21/h5-13H,14H2,1-4H3/b12-10+. The quantitative estimate of drug-likeness (QED) is 0.586. The van der Waals surface area contributed by atoms with E-state index in [-0.39, 0.29) is 16.6 Å². The predicted octanol–water partition coefficient (Wildman–Crippen LogP) is 3.38. The lowest BCUT2D eigenvalue weighted by molar-refractivity contribution is -0.125. The van der Waals surface area contributed by atoms with Gasteiger partial charge < -0.3 is 9.64 Å². The molecule has 0 N–H and O–H groups in total. The monoisotopic (exact) mass is 466 g/mol. The molecule has 6 nitrogen and oxygen atoms in total. The SMILES string of the molecule is COc1ccc(/C=C/C(=O)N(C)Cc2ccccc2Br)cc1S(=O)(=O)N(C)C. The number of likely N-dealkylation sites (N-methyl/N-ethyl adjacent to an activating group) is 1. The summed E-state index contributed by atoms with van der Waals surface area (Å²) in [4.78, 5) is 14.1. The van der Waals surface area contributed by atoms with Crippen molar-refractivity contribution in [3.63, 3.8) is 0 Å². The molecule has 28 heavy (non-hydrogen) atoms. The highest BCUT2D eigenvalue weighted by atomic mass is 79.9. The van der Waals surface area contributed by atoms with Crippen molar-refractivity contribution < 1.29 is 17.9 Å². The van der Waals surface area contributed by atoms with Crippen molar-refractivity contribution in [2.75, 3.05) is 28.3 Å². The second-order valence-electron chi connectivity index (χ2n) is 6.32. The van der Waals surface area contributed by atoms with Crippen LogP contribution in [-0.4, -0.2) is 51.8 Å². The van der Waals surface area contributed by atoms with Gasteiger partial charge in [-0.3, -0.25) is 4.79 Å². The minimum absolute atomic E-state index is 0.0520. The van der Waals surface area contributed by atoms with Gasteiger partial charge in [-0.2, -0.15) is 0 Å². The van der Waals surface area contributed by atoms with Gasteiger partial charge in [0.15, 0.2) is 0 Å². The van der Waals surface area contributed by atoms with Crippen molar-refractivity contribution in [2.45, 2.75) is 11.4 Å². The molecule has 0 spiro atoms. The van der Waals surface area contributed by atoms with Crippen molar-refractivity contribution in [1.82, 2.24) is 9.21 Å². The Labute approximate surface area is 174 Å². The highest BCUT2D eigenvalue weighted by molar-refractivity contribution is 9.10. The molecule has 0 aliphatic carbocycles. The molecule has 0 unspecified atom stereocenters. The smallest absolute Gasteiger partial charge is 0.246 e. The number of amides is 1. The van der Waals surface area contributed by atoms with Crippen molar-refractivity contribution >= 4 is 37.9 Å². The number of carbonyl (C=O) groups excluding carboxylic acids is 1. The summed E-state index contributed by atoms with van der Waals surface area (Å²) in [6.45, 7) is 0.452. The van der Waals surface area contributed by atoms with Crippen LogP contribution < -0.4 is 4.74 Å². The Morgan fingerprint density at radius 1 is 1.14 bits per heavy atom. The van der Waals surface area contributed by atoms with Gasteiger partial charge in [-0.15, -0.1) is 0 Å². The van der Waals surface area contributed by atoms with Gasteiger partial charge in [0.2, 0.25) is 15.9 Å². The van der Waals surface area contributed by atoms with E-state index >= 15 is 0 Å². The number of benzene rings is 2. The summed E-state index contributed by atoms with van der Waals surface area (Å²) in [7, 11) is 2.37. The molecule has 0 fully saturated rings. The number of sulfonamides is 1. The highest BCUT2D eigenvalue weighted by Gasteiger charge is 2.22. The molecule has 0 saturated carbocycles. The minimum Gasteiger partial charge on any atom is -0.495 e. The van der Waals surface area contributed by atoms with Crippen molar-refractivity contribution in [3.8, 4) is 5.75 Å². The molecular weight excluding hydrogens is 444 g/mol. The van der Waals surface area contributed by atoms with Crippen LogP contribution in [0.4, 0.5) is 0 Å². The maximum Gasteiger partial charge on any atom is 0.246 e. The molecule has 1 amide bonds. The summed E-state index contributed by atoms with van der Waals surface area (Å²) in [5.74, 6) is 0.0619. The molecule has 0 radical (unpaired) electrons. The van der Waals surface area contributed by atoms with E-state index in [1.165, 1.54) is 33.3 Å². The fraction of sp³-hybridized carbons (Fsp3) is 0.250. The molecule has 0 aliphatic heterocycles. The van der Waals surface area contributed by atoms with E-state index in [0.29, 0.717) is 12.1 Å². The van der Waals surface area contributed by atoms with E-state index in [4.69, 9.17) is 4.74 Å². The van der Waals surface area contributed by atoms with Gasteiger partial charge >= 0.3 is 0 Å². The van der Waals surface area contributed by atoms with Gasteiger partial charge in [0, 0.05) is 38.2 Å². The third kappa shape index (κ3) is 5.21. The number of nitrogens with zero attached hydrogens (tertiary/aromatic N) is 2. The van der Waals surface area contributed by atoms with Crippen LogP contribution in [-0.2, 0) is 21.4 Å². The Balaban J connectivity index is 2.21. The van der Waals surface area contributed by atoms with Crippen molar-refractivity contribution in [1.29, 1.82) is 0 Å². The second kappa shape index (κ2) is 9.36. The number of rotatable bonds is 7. The van der Waals surface area contributed by atoms with E-state index in [0.717, 1.165) is 14.3 Å². The number of methoxy groups -OCH3 is 1. The van der Waals surface area contributed by atoms with Gasteiger partial charge in [-0.1, -0.05) is 40.2 Å². The van der Waals surface area contributed by atoms with Crippen LogP contribution in [0.3, 0.4) is 0 Å². The van der Waals surface area contributed by atoms with Gasteiger partial charge in [-0.25, -0.2) is 12.7 Å². The number of hydrogen-bond acceptors (Lipinski definition) is 4. The third-order valence-corrected chi connectivity index (χ3v) is 6.72. The summed E-state index contributed by atoms with van der Waals surface area (Å²) < 4.78 is 32.2. The van der Waals surface area contributed by atoms with E-state index in [1.807, 2.05) is 24.3 Å². The van der Waals surface area contributed by atoms with Crippen LogP contribution in [0, 0.1) is 0 Å². The summed E-state index contributed by atoms with van der Waals surface area (Å²) >= 11 is 3.47. The van der Waals surface area contributed by atoms with Gasteiger partial charge in [0.1, 0.15) is 10.6 Å². The van der Waals surface area contributed by atoms with Crippen molar-refractivity contribution in [2.24, 2.45) is 0 Å². The molecule has 2 aromatic rings. The molecule has 8 heteroatoms. The Morgan fingerprint density at radius 3 is 2.43 bits per heavy atom. The molecular formula is C20H23BrN2O4S. The molecule has 150 valence electrons. The Kier molecular flexibility index (Phi) is 7.40. The van der Waals surface area contributed by atoms with Crippen LogP contribution in [0.1, 0.15) is 11.1 Å². The van der Waals surface area contributed by atoms with Crippen LogP contribution >= 0.6 is 15.9 Å². The fourth-order valence-electron chi connectivity index (χ4n) is 2.45. The molecule has 0 atom stereocenters. The molecule has 0 bridgehead atoms. The summed E-state index contributed by atoms with van der Waals surface area (Å²) in [5, 5.41) is 0. The number of carbonyl (C=O) groups is 1. The zero-order valence-electron chi connectivity index (χ0n) is 16.2. The lowest BCUT2D eigenvalue weighted by Crippen LogP contribution is -2.24. The number of hydrogen-bond donors (Lipinski definition) is 0. The summed E-state index contributed by atoms with van der Waals surface area (Å²) in [6.07, 6.45) is 3.01. The summed E-state index contributed by atoms with van der Waals surface area (Å²) in [5.41, 5.74) is 1.58. The average molecular weight is 467 g/mol. The molecule has 0 saturated heterocycles. The maximum atomic E-state index is 12.5. The first-order chi connectivity index (χ1) is 13.2. The van der Waals surface area contributed by atoms with Crippen LogP contribution in [0.2, 0.25) is 0 Å². The normalized spacial score (nSPS) is 11.8. The molecule has 0 heterocycles. The summed E-state index contributed by atoms with van der Waals surface area (Å²) in [6, 6.07) is 12.5. The molecule has 0 aliphatic rings. The topological polar surface area (TPSA) is 66.9 Å². The lowest BCUT2D eigenvalue weighted by atomic mass is 10.2. The second-order valence-corrected chi connectivity index (χ2v) is 9.29. The van der Waals surface area contributed by atoms with E-state index in [1.54, 1.807) is 30.2 Å². The van der Waals surface area contributed by atoms with Gasteiger partial charge in [0.25, 0.3) is 0 Å². The zero-order chi connectivity index (χ0) is 20.9. The van der Waals surface area contributed by atoms with Crippen LogP contribution in [0.5, 0.6) is 5.75 Å². The Hall–Kier alpha value is -2.16. The van der Waals surface area contributed by atoms with E-state index in [2.05, 4.69) is 15.9 Å². The van der Waals surface area contributed by atoms with Crippen LogP contribution in [0.15, 0.2) is 57.9 Å². The maximum absolute atomic E-state index is 12.5.